The lowest BCUT2D eigenvalue weighted by Crippen LogP contribution is -2.35. The number of hydrogen-bond acceptors (Lipinski definition) is 4. The summed E-state index contributed by atoms with van der Waals surface area (Å²) in [5.41, 5.74) is 2.06. The van der Waals surface area contributed by atoms with Gasteiger partial charge in [0.25, 0.3) is 0 Å². The number of rotatable bonds is 8. The molecule has 1 N–H and O–H groups in total. The largest absolute Gasteiger partial charge is 0.356 e. The summed E-state index contributed by atoms with van der Waals surface area (Å²) >= 11 is 1.39. The summed E-state index contributed by atoms with van der Waals surface area (Å²) in [6, 6.07) is 19.9. The molecule has 1 saturated heterocycles. The summed E-state index contributed by atoms with van der Waals surface area (Å²) in [6.45, 7) is 3.04. The van der Waals surface area contributed by atoms with Gasteiger partial charge >= 0.3 is 0 Å². The number of amides is 2. The first-order valence-electron chi connectivity index (χ1n) is 9.59. The van der Waals surface area contributed by atoms with E-state index in [1.165, 1.54) is 17.3 Å². The van der Waals surface area contributed by atoms with Gasteiger partial charge in [0.2, 0.25) is 11.8 Å². The van der Waals surface area contributed by atoms with E-state index >= 15 is 0 Å². The van der Waals surface area contributed by atoms with Crippen molar-refractivity contribution >= 4 is 34.4 Å². The van der Waals surface area contributed by atoms with Crippen LogP contribution in [0.5, 0.6) is 0 Å². The van der Waals surface area contributed by atoms with Gasteiger partial charge in [-0.1, -0.05) is 60.3 Å². The zero-order valence-electron chi connectivity index (χ0n) is 16.0. The molecule has 0 aliphatic carbocycles. The summed E-state index contributed by atoms with van der Waals surface area (Å²) in [6.07, 6.45) is 1.92. The number of aliphatic imine (C=N–C) groups is 1. The maximum atomic E-state index is 12.9. The van der Waals surface area contributed by atoms with Crippen LogP contribution in [0.15, 0.2) is 65.7 Å². The van der Waals surface area contributed by atoms with Crippen LogP contribution in [-0.2, 0) is 16.0 Å². The summed E-state index contributed by atoms with van der Waals surface area (Å²) in [4.78, 5) is 31.3. The quantitative estimate of drug-likeness (QED) is 0.740. The second-order valence-electron chi connectivity index (χ2n) is 6.57. The summed E-state index contributed by atoms with van der Waals surface area (Å²) in [7, 11) is 0. The van der Waals surface area contributed by atoms with Crippen LogP contribution in [0, 0.1) is 0 Å². The molecule has 0 saturated carbocycles. The average Bonchev–Trinajstić information content (AvgIpc) is 2.98. The lowest BCUT2D eigenvalue weighted by Gasteiger charge is -2.16. The monoisotopic (exact) mass is 395 g/mol. The second-order valence-corrected chi connectivity index (χ2v) is 7.74. The predicted molar refractivity (Wildman–Crippen MR) is 115 cm³/mol. The Morgan fingerprint density at radius 2 is 1.79 bits per heavy atom. The molecule has 1 atom stereocenters. The van der Waals surface area contributed by atoms with Crippen LogP contribution < -0.4 is 5.32 Å². The fourth-order valence-electron chi connectivity index (χ4n) is 3.07. The molecule has 1 fully saturated rings. The van der Waals surface area contributed by atoms with Crippen molar-refractivity contribution in [2.24, 2.45) is 4.99 Å². The number of para-hydroxylation sites is 1. The van der Waals surface area contributed by atoms with E-state index in [1.807, 2.05) is 55.5 Å². The zero-order valence-corrected chi connectivity index (χ0v) is 16.8. The Balaban J connectivity index is 1.71. The van der Waals surface area contributed by atoms with Crippen LogP contribution in [0.1, 0.15) is 25.3 Å². The highest BCUT2D eigenvalue weighted by atomic mass is 32.2. The highest BCUT2D eigenvalue weighted by Crippen LogP contribution is 2.31. The molecule has 0 radical (unpaired) electrons. The fraction of sp³-hybridized carbons (Fsp3) is 0.318. The molecule has 6 heteroatoms. The predicted octanol–water partition coefficient (Wildman–Crippen LogP) is 3.78. The Hall–Kier alpha value is -2.60. The molecule has 0 unspecified atom stereocenters. The number of thioether (sulfide) groups is 1. The lowest BCUT2D eigenvalue weighted by molar-refractivity contribution is -0.129. The van der Waals surface area contributed by atoms with Gasteiger partial charge < -0.3 is 5.32 Å². The van der Waals surface area contributed by atoms with Crippen molar-refractivity contribution < 1.29 is 9.59 Å². The van der Waals surface area contributed by atoms with Crippen molar-refractivity contribution in [1.29, 1.82) is 0 Å². The number of benzene rings is 2. The van der Waals surface area contributed by atoms with Gasteiger partial charge in [-0.25, -0.2) is 4.99 Å². The Morgan fingerprint density at radius 1 is 1.11 bits per heavy atom. The standard InChI is InChI=1S/C22H25N3O2S/c1-2-23-20(26)16-19-21(27)25(15-9-12-17-10-5-3-6-11-17)22(28-19)24-18-13-7-4-8-14-18/h3-8,10-11,13-14,19H,2,9,12,15-16H2,1H3,(H,23,26)/t19-/m0/s1. The number of aryl methyl sites for hydroxylation is 1. The van der Waals surface area contributed by atoms with Crippen LogP contribution in [0.25, 0.3) is 0 Å². The van der Waals surface area contributed by atoms with E-state index in [4.69, 9.17) is 0 Å². The molecule has 2 aromatic rings. The van der Waals surface area contributed by atoms with Crippen molar-refractivity contribution in [2.45, 2.75) is 31.4 Å². The van der Waals surface area contributed by atoms with Crippen LogP contribution in [-0.4, -0.2) is 40.2 Å². The van der Waals surface area contributed by atoms with Gasteiger partial charge in [0.1, 0.15) is 5.25 Å². The van der Waals surface area contributed by atoms with Gasteiger partial charge in [-0.2, -0.15) is 0 Å². The van der Waals surface area contributed by atoms with E-state index in [2.05, 4.69) is 22.4 Å². The molecule has 5 nitrogen and oxygen atoms in total. The third kappa shape index (κ3) is 5.45. The van der Waals surface area contributed by atoms with Crippen molar-refractivity contribution in [3.8, 4) is 0 Å². The lowest BCUT2D eigenvalue weighted by atomic mass is 10.1. The van der Waals surface area contributed by atoms with Crippen LogP contribution in [0.4, 0.5) is 5.69 Å². The first-order chi connectivity index (χ1) is 13.7. The second kappa shape index (κ2) is 10.1. The molecule has 2 aromatic carbocycles. The Morgan fingerprint density at radius 3 is 2.46 bits per heavy atom. The molecule has 28 heavy (non-hydrogen) atoms. The average molecular weight is 396 g/mol. The van der Waals surface area contributed by atoms with Crippen LogP contribution in [0.2, 0.25) is 0 Å². The van der Waals surface area contributed by atoms with Gasteiger partial charge in [0.15, 0.2) is 5.17 Å². The molecular weight excluding hydrogens is 370 g/mol. The Kier molecular flexibility index (Phi) is 7.25. The summed E-state index contributed by atoms with van der Waals surface area (Å²) in [5, 5.41) is 3.04. The third-order valence-electron chi connectivity index (χ3n) is 4.44. The van der Waals surface area contributed by atoms with Gasteiger partial charge in [-0.05, 0) is 37.5 Å². The van der Waals surface area contributed by atoms with Crippen LogP contribution >= 0.6 is 11.8 Å². The molecule has 0 bridgehead atoms. The Bertz CT molecular complexity index is 824. The van der Waals surface area contributed by atoms with Crippen molar-refractivity contribution in [2.75, 3.05) is 13.1 Å². The third-order valence-corrected chi connectivity index (χ3v) is 5.61. The normalized spacial score (nSPS) is 17.9. The molecule has 2 amide bonds. The summed E-state index contributed by atoms with van der Waals surface area (Å²) in [5.74, 6) is -0.127. The highest BCUT2D eigenvalue weighted by Gasteiger charge is 2.38. The van der Waals surface area contributed by atoms with Crippen molar-refractivity contribution in [3.63, 3.8) is 0 Å². The molecule has 1 aliphatic rings. The number of carbonyl (C=O) groups is 2. The van der Waals surface area contributed by atoms with E-state index < -0.39 is 5.25 Å². The maximum absolute atomic E-state index is 12.9. The summed E-state index contributed by atoms with van der Waals surface area (Å²) < 4.78 is 0. The molecular formula is C22H25N3O2S. The van der Waals surface area contributed by atoms with Gasteiger partial charge in [-0.15, -0.1) is 0 Å². The van der Waals surface area contributed by atoms with Gasteiger partial charge in [0, 0.05) is 19.5 Å². The maximum Gasteiger partial charge on any atom is 0.242 e. The molecule has 3 rings (SSSR count). The van der Waals surface area contributed by atoms with Gasteiger partial charge in [0.05, 0.1) is 5.69 Å². The Labute approximate surface area is 170 Å². The van der Waals surface area contributed by atoms with Gasteiger partial charge in [-0.3, -0.25) is 14.5 Å². The minimum Gasteiger partial charge on any atom is -0.356 e. The number of nitrogens with one attached hydrogen (secondary N) is 1. The van der Waals surface area contributed by atoms with E-state index in [9.17, 15) is 9.59 Å². The number of carbonyl (C=O) groups excluding carboxylic acids is 2. The highest BCUT2D eigenvalue weighted by molar-refractivity contribution is 8.15. The van der Waals surface area contributed by atoms with E-state index in [1.54, 1.807) is 4.90 Å². The molecule has 146 valence electrons. The fourth-order valence-corrected chi connectivity index (χ4v) is 4.25. The molecule has 1 aliphatic heterocycles. The van der Waals surface area contributed by atoms with E-state index in [-0.39, 0.29) is 18.2 Å². The zero-order chi connectivity index (χ0) is 19.8. The topological polar surface area (TPSA) is 61.8 Å². The van der Waals surface area contributed by atoms with Crippen LogP contribution in [0.3, 0.4) is 0 Å². The smallest absolute Gasteiger partial charge is 0.242 e. The molecule has 1 heterocycles. The first-order valence-corrected chi connectivity index (χ1v) is 10.5. The van der Waals surface area contributed by atoms with Crippen molar-refractivity contribution in [3.05, 3.63) is 66.2 Å². The first kappa shape index (κ1) is 20.1. The minimum absolute atomic E-state index is 0.0287. The molecule has 0 spiro atoms. The number of nitrogens with zero attached hydrogens (tertiary/aromatic N) is 2. The van der Waals surface area contributed by atoms with Crippen molar-refractivity contribution in [1.82, 2.24) is 10.2 Å². The number of hydrogen-bond donors (Lipinski definition) is 1. The molecule has 0 aromatic heterocycles. The minimum atomic E-state index is -0.411. The van der Waals surface area contributed by atoms with E-state index in [0.717, 1.165) is 18.5 Å². The SMILES string of the molecule is CCNC(=O)C[C@@H]1SC(=Nc2ccccc2)N(CCCc2ccccc2)C1=O. The van der Waals surface area contributed by atoms with E-state index in [0.29, 0.717) is 18.3 Å². The number of amidine groups is 1.